The van der Waals surface area contributed by atoms with Gasteiger partial charge in [0, 0.05) is 17.8 Å². The molecule has 0 bridgehead atoms. The highest BCUT2D eigenvalue weighted by Crippen LogP contribution is 2.23. The van der Waals surface area contributed by atoms with Crippen LogP contribution in [0.15, 0.2) is 47.6 Å². The number of nitro groups is 1. The van der Waals surface area contributed by atoms with Crippen molar-refractivity contribution in [2.24, 2.45) is 0 Å². The highest BCUT2D eigenvalue weighted by atomic mass is 32.2. The second-order valence-electron chi connectivity index (χ2n) is 5.20. The molecule has 0 aliphatic rings. The summed E-state index contributed by atoms with van der Waals surface area (Å²) in [7, 11) is 0. The molecule has 0 fully saturated rings. The highest BCUT2D eigenvalue weighted by molar-refractivity contribution is 7.99. The maximum atomic E-state index is 12.0. The van der Waals surface area contributed by atoms with Crippen LogP contribution in [-0.4, -0.2) is 26.6 Å². The summed E-state index contributed by atoms with van der Waals surface area (Å²) in [6, 6.07) is 12.0. The number of aromatic amines is 1. The number of H-pyrrole nitrogens is 1. The predicted octanol–water partition coefficient (Wildman–Crippen LogP) is 4.54. The monoisotopic (exact) mass is 372 g/mol. The molecule has 136 valence electrons. The van der Waals surface area contributed by atoms with E-state index in [-0.39, 0.29) is 17.3 Å². The van der Waals surface area contributed by atoms with Gasteiger partial charge in [0.05, 0.1) is 21.7 Å². The van der Waals surface area contributed by atoms with E-state index in [1.54, 1.807) is 6.07 Å². The van der Waals surface area contributed by atoms with Crippen LogP contribution in [0.3, 0.4) is 0 Å². The molecule has 3 aromatic rings. The van der Waals surface area contributed by atoms with Crippen molar-refractivity contribution in [3.63, 3.8) is 0 Å². The average Bonchev–Trinajstić information content (AvgIpc) is 3.05. The number of thioether (sulfide) groups is 1. The van der Waals surface area contributed by atoms with Crippen LogP contribution in [0.25, 0.3) is 11.0 Å². The van der Waals surface area contributed by atoms with E-state index >= 15 is 0 Å². The first-order valence-corrected chi connectivity index (χ1v) is 9.13. The summed E-state index contributed by atoms with van der Waals surface area (Å²) in [5.74, 6) is 0.0470. The van der Waals surface area contributed by atoms with Gasteiger partial charge < -0.3 is 10.3 Å². The van der Waals surface area contributed by atoms with Crippen molar-refractivity contribution in [1.29, 1.82) is 0 Å². The first-order chi connectivity index (χ1) is 12.5. The molecule has 1 amide bonds. The summed E-state index contributed by atoms with van der Waals surface area (Å²) in [5, 5.41) is 14.1. The number of nitrogens with zero attached hydrogens (tertiary/aromatic N) is 2. The lowest BCUT2D eigenvalue weighted by molar-refractivity contribution is -0.384. The SMILES string of the molecule is CC.Cc1ccc(NC(=O)CSc2nc3ccc([N+](=O)[O-])cc3[nH]2)cc1. The molecule has 1 heterocycles. The fourth-order valence-electron chi connectivity index (χ4n) is 2.12. The van der Waals surface area contributed by atoms with Crippen LogP contribution in [-0.2, 0) is 4.79 Å². The van der Waals surface area contributed by atoms with Gasteiger partial charge in [-0.05, 0) is 25.1 Å². The third-order valence-electron chi connectivity index (χ3n) is 3.33. The van der Waals surface area contributed by atoms with Crippen molar-refractivity contribution in [3.8, 4) is 0 Å². The lowest BCUT2D eigenvalue weighted by atomic mass is 10.2. The number of non-ortho nitro benzene ring substituents is 1. The molecular formula is C18H20N4O3S. The van der Waals surface area contributed by atoms with E-state index in [4.69, 9.17) is 0 Å². The minimum atomic E-state index is -0.456. The number of aromatic nitrogens is 2. The van der Waals surface area contributed by atoms with Gasteiger partial charge in [0.15, 0.2) is 5.16 Å². The molecule has 0 saturated carbocycles. The Morgan fingerprint density at radius 1 is 1.23 bits per heavy atom. The van der Waals surface area contributed by atoms with E-state index in [1.165, 1.54) is 23.9 Å². The number of carbonyl (C=O) groups is 1. The fourth-order valence-corrected chi connectivity index (χ4v) is 2.81. The number of benzene rings is 2. The number of carbonyl (C=O) groups excluding carboxylic acids is 1. The Balaban J connectivity index is 0.00000117. The quantitative estimate of drug-likeness (QED) is 0.389. The number of anilines is 1. The van der Waals surface area contributed by atoms with E-state index in [9.17, 15) is 14.9 Å². The van der Waals surface area contributed by atoms with Crippen LogP contribution in [0.4, 0.5) is 11.4 Å². The van der Waals surface area contributed by atoms with Gasteiger partial charge in [-0.2, -0.15) is 0 Å². The van der Waals surface area contributed by atoms with E-state index in [2.05, 4.69) is 15.3 Å². The van der Waals surface area contributed by atoms with Crippen molar-refractivity contribution < 1.29 is 9.72 Å². The minimum Gasteiger partial charge on any atom is -0.333 e. The van der Waals surface area contributed by atoms with E-state index in [1.807, 2.05) is 45.0 Å². The molecule has 0 saturated heterocycles. The summed E-state index contributed by atoms with van der Waals surface area (Å²) in [5.41, 5.74) is 3.07. The second kappa shape index (κ2) is 9.00. The Hall–Kier alpha value is -2.87. The summed E-state index contributed by atoms with van der Waals surface area (Å²) in [6.45, 7) is 5.98. The zero-order valence-corrected chi connectivity index (χ0v) is 15.6. The molecule has 0 radical (unpaired) electrons. The van der Waals surface area contributed by atoms with Gasteiger partial charge in [0.1, 0.15) is 0 Å². The molecule has 0 atom stereocenters. The fraction of sp³-hybridized carbons (Fsp3) is 0.222. The number of hydrogen-bond donors (Lipinski definition) is 2. The standard InChI is InChI=1S/C16H14N4O3S.C2H6/c1-10-2-4-11(5-3-10)17-15(21)9-24-16-18-13-7-6-12(20(22)23)8-14(13)19-16;1-2/h2-8H,9H2,1H3,(H,17,21)(H,18,19);1-2H3. The van der Waals surface area contributed by atoms with Gasteiger partial charge >= 0.3 is 0 Å². The number of fused-ring (bicyclic) bond motifs is 1. The largest absolute Gasteiger partial charge is 0.333 e. The van der Waals surface area contributed by atoms with Crippen LogP contribution >= 0.6 is 11.8 Å². The highest BCUT2D eigenvalue weighted by Gasteiger charge is 2.11. The second-order valence-corrected chi connectivity index (χ2v) is 6.17. The summed E-state index contributed by atoms with van der Waals surface area (Å²) >= 11 is 1.24. The number of imidazole rings is 1. The van der Waals surface area contributed by atoms with Crippen molar-refractivity contribution in [2.45, 2.75) is 25.9 Å². The topological polar surface area (TPSA) is 101 Å². The van der Waals surface area contributed by atoms with Crippen molar-refractivity contribution in [2.75, 3.05) is 11.1 Å². The molecule has 2 aromatic carbocycles. The van der Waals surface area contributed by atoms with Gasteiger partial charge in [0.2, 0.25) is 5.91 Å². The van der Waals surface area contributed by atoms with Crippen LogP contribution < -0.4 is 5.32 Å². The van der Waals surface area contributed by atoms with Crippen molar-refractivity contribution in [3.05, 3.63) is 58.1 Å². The number of aryl methyl sites for hydroxylation is 1. The maximum Gasteiger partial charge on any atom is 0.271 e. The summed E-state index contributed by atoms with van der Waals surface area (Å²) in [4.78, 5) is 29.6. The number of rotatable bonds is 5. The lowest BCUT2D eigenvalue weighted by Crippen LogP contribution is -2.14. The predicted molar refractivity (Wildman–Crippen MR) is 105 cm³/mol. The molecule has 7 nitrogen and oxygen atoms in total. The molecule has 8 heteroatoms. The third kappa shape index (κ3) is 5.06. The number of hydrogen-bond acceptors (Lipinski definition) is 5. The van der Waals surface area contributed by atoms with E-state index in [0.29, 0.717) is 16.2 Å². The third-order valence-corrected chi connectivity index (χ3v) is 4.20. The van der Waals surface area contributed by atoms with Gasteiger partial charge in [-0.15, -0.1) is 0 Å². The number of nitro benzene ring substituents is 1. The van der Waals surface area contributed by atoms with Gasteiger partial charge in [-0.25, -0.2) is 4.98 Å². The van der Waals surface area contributed by atoms with Crippen LogP contribution in [0.5, 0.6) is 0 Å². The van der Waals surface area contributed by atoms with Crippen molar-refractivity contribution >= 4 is 40.1 Å². The number of amides is 1. The maximum absolute atomic E-state index is 12.0. The Kier molecular flexibility index (Phi) is 6.74. The molecule has 0 aliphatic carbocycles. The van der Waals surface area contributed by atoms with Gasteiger partial charge in [-0.3, -0.25) is 14.9 Å². The van der Waals surface area contributed by atoms with E-state index in [0.717, 1.165) is 11.3 Å². The summed E-state index contributed by atoms with van der Waals surface area (Å²) < 4.78 is 0. The zero-order chi connectivity index (χ0) is 19.1. The molecule has 1 aromatic heterocycles. The van der Waals surface area contributed by atoms with Crippen molar-refractivity contribution in [1.82, 2.24) is 9.97 Å². The molecule has 3 rings (SSSR count). The Morgan fingerprint density at radius 2 is 1.92 bits per heavy atom. The first-order valence-electron chi connectivity index (χ1n) is 8.15. The molecule has 0 spiro atoms. The molecule has 0 aliphatic heterocycles. The summed E-state index contributed by atoms with van der Waals surface area (Å²) in [6.07, 6.45) is 0. The Labute approximate surface area is 155 Å². The first kappa shape index (κ1) is 19.5. The van der Waals surface area contributed by atoms with Crippen LogP contribution in [0.2, 0.25) is 0 Å². The van der Waals surface area contributed by atoms with E-state index < -0.39 is 4.92 Å². The van der Waals surface area contributed by atoms with Gasteiger partial charge in [-0.1, -0.05) is 43.3 Å². The molecule has 0 unspecified atom stereocenters. The average molecular weight is 372 g/mol. The molecule has 2 N–H and O–H groups in total. The molecular weight excluding hydrogens is 352 g/mol. The lowest BCUT2D eigenvalue weighted by Gasteiger charge is -2.04. The Bertz CT molecular complexity index is 906. The Morgan fingerprint density at radius 3 is 2.58 bits per heavy atom. The zero-order valence-electron chi connectivity index (χ0n) is 14.8. The molecule has 26 heavy (non-hydrogen) atoms. The van der Waals surface area contributed by atoms with Crippen LogP contribution in [0, 0.1) is 17.0 Å². The van der Waals surface area contributed by atoms with Crippen LogP contribution in [0.1, 0.15) is 19.4 Å². The normalized spacial score (nSPS) is 10.1. The number of nitrogens with one attached hydrogen (secondary N) is 2. The minimum absolute atomic E-state index is 0.000172. The van der Waals surface area contributed by atoms with Gasteiger partial charge in [0.25, 0.3) is 5.69 Å². The smallest absolute Gasteiger partial charge is 0.271 e.